The van der Waals surface area contributed by atoms with Crippen molar-refractivity contribution in [2.45, 2.75) is 26.4 Å². The van der Waals surface area contributed by atoms with Crippen molar-refractivity contribution in [1.82, 2.24) is 13.6 Å². The number of ether oxygens (including phenoxy) is 1. The Labute approximate surface area is 116 Å². The lowest BCUT2D eigenvalue weighted by Gasteiger charge is -2.35. The lowest BCUT2D eigenvalue weighted by Crippen LogP contribution is -2.50. The van der Waals surface area contributed by atoms with Crippen molar-refractivity contribution < 1.29 is 9.53 Å². The minimum absolute atomic E-state index is 0.267. The van der Waals surface area contributed by atoms with Gasteiger partial charge >= 0.3 is 6.09 Å². The van der Waals surface area contributed by atoms with E-state index in [9.17, 15) is 4.79 Å². The summed E-state index contributed by atoms with van der Waals surface area (Å²) in [6, 6.07) is 0. The van der Waals surface area contributed by atoms with Crippen LogP contribution in [0.15, 0.2) is 0 Å². The van der Waals surface area contributed by atoms with Gasteiger partial charge in [0.25, 0.3) is 0 Å². The third-order valence-corrected chi connectivity index (χ3v) is 3.26. The Bertz CT molecular complexity index is 448. The van der Waals surface area contributed by atoms with Crippen molar-refractivity contribution in [1.29, 1.82) is 0 Å². The molecule has 7 nitrogen and oxygen atoms in total. The second kappa shape index (κ2) is 5.20. The molecule has 2 heterocycles. The molecule has 106 valence electrons. The smallest absolute Gasteiger partial charge is 0.410 e. The maximum atomic E-state index is 11.9. The fourth-order valence-corrected chi connectivity index (χ4v) is 2.33. The number of aromatic nitrogens is 2. The summed E-state index contributed by atoms with van der Waals surface area (Å²) in [6.07, 6.45) is -0.267. The molecule has 0 saturated carbocycles. The van der Waals surface area contributed by atoms with E-state index in [1.54, 1.807) is 4.90 Å². The molecule has 2 rings (SSSR count). The van der Waals surface area contributed by atoms with Gasteiger partial charge in [-0.1, -0.05) is 0 Å². The number of rotatable bonds is 1. The molecular weight excluding hydrogens is 266 g/mol. The number of nitrogens with zero attached hydrogens (tertiary/aromatic N) is 4. The first-order valence-electron chi connectivity index (χ1n) is 6.18. The van der Waals surface area contributed by atoms with E-state index in [4.69, 9.17) is 10.5 Å². The first kappa shape index (κ1) is 13.9. The number of hydrogen-bond acceptors (Lipinski definition) is 7. The molecule has 1 fully saturated rings. The zero-order valence-corrected chi connectivity index (χ0v) is 12.2. The Kier molecular flexibility index (Phi) is 3.79. The van der Waals surface area contributed by atoms with Gasteiger partial charge in [-0.05, 0) is 20.8 Å². The molecule has 1 aromatic rings. The quantitative estimate of drug-likeness (QED) is 0.834. The number of carbonyl (C=O) groups is 1. The van der Waals surface area contributed by atoms with Crippen molar-refractivity contribution >= 4 is 29.5 Å². The van der Waals surface area contributed by atoms with Gasteiger partial charge in [0, 0.05) is 26.2 Å². The lowest BCUT2D eigenvalue weighted by molar-refractivity contribution is 0.0240. The second-order valence-corrected chi connectivity index (χ2v) is 5.96. The number of piperazine rings is 1. The van der Waals surface area contributed by atoms with E-state index >= 15 is 0 Å². The zero-order valence-electron chi connectivity index (χ0n) is 11.4. The molecule has 0 aromatic carbocycles. The largest absolute Gasteiger partial charge is 0.444 e. The summed E-state index contributed by atoms with van der Waals surface area (Å²) in [4.78, 5) is 15.7. The van der Waals surface area contributed by atoms with Crippen LogP contribution in [0.2, 0.25) is 0 Å². The summed E-state index contributed by atoms with van der Waals surface area (Å²) in [5.74, 6) is 1.17. The van der Waals surface area contributed by atoms with E-state index in [1.165, 1.54) is 0 Å². The van der Waals surface area contributed by atoms with Crippen LogP contribution in [0.3, 0.4) is 0 Å². The Morgan fingerprint density at radius 2 is 1.89 bits per heavy atom. The molecule has 1 aliphatic rings. The van der Waals surface area contributed by atoms with Crippen molar-refractivity contribution in [2.75, 3.05) is 36.8 Å². The maximum absolute atomic E-state index is 11.9. The van der Waals surface area contributed by atoms with Gasteiger partial charge < -0.3 is 20.3 Å². The Morgan fingerprint density at radius 1 is 1.26 bits per heavy atom. The zero-order chi connectivity index (χ0) is 14.0. The highest BCUT2D eigenvalue weighted by Crippen LogP contribution is 2.21. The van der Waals surface area contributed by atoms with Crippen LogP contribution in [0.5, 0.6) is 0 Å². The molecule has 1 aromatic heterocycles. The van der Waals surface area contributed by atoms with Crippen molar-refractivity contribution in [3.8, 4) is 0 Å². The van der Waals surface area contributed by atoms with Crippen LogP contribution in [0.25, 0.3) is 0 Å². The van der Waals surface area contributed by atoms with E-state index in [2.05, 4.69) is 8.75 Å². The number of amides is 1. The summed E-state index contributed by atoms with van der Waals surface area (Å²) < 4.78 is 13.5. The molecule has 0 spiro atoms. The molecule has 0 atom stereocenters. The molecule has 19 heavy (non-hydrogen) atoms. The topological polar surface area (TPSA) is 84.6 Å². The van der Waals surface area contributed by atoms with Gasteiger partial charge in [0.1, 0.15) is 5.60 Å². The van der Waals surface area contributed by atoms with E-state index in [-0.39, 0.29) is 6.09 Å². The van der Waals surface area contributed by atoms with Crippen LogP contribution in [0.1, 0.15) is 20.8 Å². The van der Waals surface area contributed by atoms with Crippen molar-refractivity contribution in [3.05, 3.63) is 0 Å². The summed E-state index contributed by atoms with van der Waals surface area (Å²) >= 11 is 1.10. The molecule has 1 saturated heterocycles. The monoisotopic (exact) mass is 285 g/mol. The minimum Gasteiger partial charge on any atom is -0.444 e. The standard InChI is InChI=1S/C11H19N5O2S/c1-11(2,3)18-10(17)16-6-4-15(5-7-16)9-8(12)13-19-14-9/h4-7H2,1-3H3,(H2,12,13). The molecule has 1 amide bonds. The molecule has 8 heteroatoms. The number of hydrogen-bond donors (Lipinski definition) is 1. The highest BCUT2D eigenvalue weighted by Gasteiger charge is 2.27. The van der Waals surface area contributed by atoms with Crippen LogP contribution in [-0.2, 0) is 4.74 Å². The Morgan fingerprint density at radius 3 is 2.37 bits per heavy atom. The van der Waals surface area contributed by atoms with E-state index in [0.717, 1.165) is 11.7 Å². The highest BCUT2D eigenvalue weighted by atomic mass is 32.1. The van der Waals surface area contributed by atoms with Crippen LogP contribution in [-0.4, -0.2) is 51.5 Å². The summed E-state index contributed by atoms with van der Waals surface area (Å²) in [7, 11) is 0. The highest BCUT2D eigenvalue weighted by molar-refractivity contribution is 6.99. The van der Waals surface area contributed by atoms with E-state index in [1.807, 2.05) is 25.7 Å². The maximum Gasteiger partial charge on any atom is 0.410 e. The van der Waals surface area contributed by atoms with Crippen LogP contribution >= 0.6 is 11.7 Å². The van der Waals surface area contributed by atoms with Gasteiger partial charge in [0.05, 0.1) is 11.7 Å². The Balaban J connectivity index is 1.89. The van der Waals surface area contributed by atoms with Gasteiger partial charge in [-0.2, -0.15) is 8.75 Å². The lowest BCUT2D eigenvalue weighted by atomic mass is 10.2. The fraction of sp³-hybridized carbons (Fsp3) is 0.727. The molecular formula is C11H19N5O2S. The SMILES string of the molecule is CC(C)(C)OC(=O)N1CCN(c2nsnc2N)CC1. The predicted molar refractivity (Wildman–Crippen MR) is 74.3 cm³/mol. The molecule has 0 unspecified atom stereocenters. The molecule has 0 radical (unpaired) electrons. The van der Waals surface area contributed by atoms with Crippen LogP contribution < -0.4 is 10.6 Å². The van der Waals surface area contributed by atoms with Gasteiger partial charge in [0.15, 0.2) is 11.6 Å². The molecule has 0 bridgehead atoms. The normalized spacial score (nSPS) is 16.6. The predicted octanol–water partition coefficient (Wildman–Crippen LogP) is 1.18. The van der Waals surface area contributed by atoms with Gasteiger partial charge in [-0.15, -0.1) is 0 Å². The van der Waals surface area contributed by atoms with E-state index < -0.39 is 5.60 Å². The van der Waals surface area contributed by atoms with Gasteiger partial charge in [-0.3, -0.25) is 0 Å². The van der Waals surface area contributed by atoms with Crippen molar-refractivity contribution in [2.24, 2.45) is 0 Å². The van der Waals surface area contributed by atoms with Gasteiger partial charge in [-0.25, -0.2) is 4.79 Å². The average molecular weight is 285 g/mol. The first-order chi connectivity index (χ1) is 8.87. The number of anilines is 2. The number of nitrogen functional groups attached to an aromatic ring is 1. The molecule has 1 aliphatic heterocycles. The second-order valence-electron chi connectivity index (χ2n) is 5.43. The van der Waals surface area contributed by atoms with Crippen molar-refractivity contribution in [3.63, 3.8) is 0 Å². The summed E-state index contributed by atoms with van der Waals surface area (Å²) in [5, 5.41) is 0. The molecule has 0 aliphatic carbocycles. The third kappa shape index (κ3) is 3.46. The first-order valence-corrected chi connectivity index (χ1v) is 6.91. The summed E-state index contributed by atoms with van der Waals surface area (Å²) in [6.45, 7) is 8.18. The fourth-order valence-electron chi connectivity index (χ4n) is 1.84. The number of carbonyl (C=O) groups excluding carboxylic acids is 1. The van der Waals surface area contributed by atoms with Gasteiger partial charge in [0.2, 0.25) is 0 Å². The Hall–Kier alpha value is -1.57. The number of nitrogens with two attached hydrogens (primary N) is 1. The summed E-state index contributed by atoms with van der Waals surface area (Å²) in [5.41, 5.74) is 5.28. The minimum atomic E-state index is -0.461. The van der Waals surface area contributed by atoms with E-state index in [0.29, 0.717) is 37.8 Å². The van der Waals surface area contributed by atoms with Crippen LogP contribution in [0.4, 0.5) is 16.4 Å². The van der Waals surface area contributed by atoms with Crippen LogP contribution in [0, 0.1) is 0 Å². The average Bonchev–Trinajstić information content (AvgIpc) is 2.73. The third-order valence-electron chi connectivity index (χ3n) is 2.73. The molecule has 2 N–H and O–H groups in total.